The van der Waals surface area contributed by atoms with Gasteiger partial charge in [0.1, 0.15) is 17.4 Å². The Morgan fingerprint density at radius 3 is 2.60 bits per heavy atom. The van der Waals surface area contributed by atoms with Gasteiger partial charge < -0.3 is 13.9 Å². The molecule has 0 saturated carbocycles. The number of fused-ring (bicyclic) bond motifs is 1. The topological polar surface area (TPSA) is 72.5 Å². The van der Waals surface area contributed by atoms with Gasteiger partial charge in [0.05, 0.1) is 32.1 Å². The number of hydrogen-bond acceptors (Lipinski definition) is 5. The third-order valence-electron chi connectivity index (χ3n) is 4.16. The molecule has 5 nitrogen and oxygen atoms in total. The number of carbonyl (C=O) groups is 1. The van der Waals surface area contributed by atoms with Gasteiger partial charge in [-0.1, -0.05) is 12.1 Å². The second-order valence-corrected chi connectivity index (χ2v) is 5.64. The molecule has 1 unspecified atom stereocenters. The molecule has 0 fully saturated rings. The molecular weight excluding hydrogens is 318 g/mol. The van der Waals surface area contributed by atoms with Crippen molar-refractivity contribution >= 4 is 16.7 Å². The number of nitrogens with zero attached hydrogens (tertiary/aromatic N) is 1. The fourth-order valence-electron chi connectivity index (χ4n) is 2.84. The molecule has 3 rings (SSSR count). The Balaban J connectivity index is 1.98. The third kappa shape index (κ3) is 3.33. The van der Waals surface area contributed by atoms with Gasteiger partial charge in [-0.3, -0.25) is 4.79 Å². The maximum Gasteiger partial charge on any atom is 0.316 e. The van der Waals surface area contributed by atoms with Gasteiger partial charge in [0.25, 0.3) is 0 Å². The zero-order valence-corrected chi connectivity index (χ0v) is 14.0. The van der Waals surface area contributed by atoms with Gasteiger partial charge in [0.15, 0.2) is 0 Å². The molecule has 0 saturated heterocycles. The minimum absolute atomic E-state index is 0.364. The van der Waals surface area contributed by atoms with Crippen LogP contribution in [0.15, 0.2) is 53.1 Å². The number of hydrogen-bond donors (Lipinski definition) is 0. The molecular formula is C20H17NO4. The molecule has 0 aliphatic carbocycles. The number of ether oxygens (including phenoxy) is 2. The molecule has 0 aliphatic rings. The van der Waals surface area contributed by atoms with Crippen LogP contribution in [0.25, 0.3) is 10.8 Å². The lowest BCUT2D eigenvalue weighted by Crippen LogP contribution is -2.16. The second-order valence-electron chi connectivity index (χ2n) is 5.64. The fourth-order valence-corrected chi connectivity index (χ4v) is 2.84. The molecule has 0 N–H and O–H groups in total. The highest BCUT2D eigenvalue weighted by Crippen LogP contribution is 2.32. The molecule has 1 atom stereocenters. The van der Waals surface area contributed by atoms with Crippen LogP contribution in [0.1, 0.15) is 22.8 Å². The van der Waals surface area contributed by atoms with Gasteiger partial charge in [0.2, 0.25) is 0 Å². The van der Waals surface area contributed by atoms with Crippen LogP contribution in [-0.2, 0) is 16.0 Å². The number of carbonyl (C=O) groups excluding carboxylic acids is 1. The largest absolute Gasteiger partial charge is 0.497 e. The van der Waals surface area contributed by atoms with Gasteiger partial charge in [-0.25, -0.2) is 0 Å². The van der Waals surface area contributed by atoms with Crippen LogP contribution in [-0.4, -0.2) is 20.2 Å². The van der Waals surface area contributed by atoms with E-state index in [4.69, 9.17) is 19.2 Å². The van der Waals surface area contributed by atoms with Crippen molar-refractivity contribution in [2.24, 2.45) is 0 Å². The molecule has 25 heavy (non-hydrogen) atoms. The summed E-state index contributed by atoms with van der Waals surface area (Å²) < 4.78 is 15.8. The Labute approximate surface area is 145 Å². The van der Waals surface area contributed by atoms with E-state index in [1.165, 1.54) is 7.11 Å². The van der Waals surface area contributed by atoms with Crippen molar-refractivity contribution in [3.8, 4) is 11.8 Å². The molecule has 0 radical (unpaired) electrons. The average Bonchev–Trinajstić information content (AvgIpc) is 3.08. The second kappa shape index (κ2) is 7.10. The number of benzene rings is 2. The van der Waals surface area contributed by atoms with Crippen molar-refractivity contribution < 1.29 is 18.7 Å². The smallest absolute Gasteiger partial charge is 0.316 e. The summed E-state index contributed by atoms with van der Waals surface area (Å²) in [6.45, 7) is 0. The first-order valence-electron chi connectivity index (χ1n) is 7.78. The summed E-state index contributed by atoms with van der Waals surface area (Å²) >= 11 is 0. The Bertz CT molecular complexity index is 934. The molecule has 0 spiro atoms. The Hall–Kier alpha value is -3.26. The average molecular weight is 335 g/mol. The monoisotopic (exact) mass is 335 g/mol. The molecule has 1 aromatic heterocycles. The van der Waals surface area contributed by atoms with Crippen molar-refractivity contribution in [3.05, 3.63) is 65.6 Å². The summed E-state index contributed by atoms with van der Waals surface area (Å²) in [6.07, 6.45) is 2.01. The van der Waals surface area contributed by atoms with Crippen LogP contribution in [0.4, 0.5) is 0 Å². The summed E-state index contributed by atoms with van der Waals surface area (Å²) in [7, 11) is 2.97. The predicted octanol–water partition coefficient (Wildman–Crippen LogP) is 3.81. The third-order valence-corrected chi connectivity index (χ3v) is 4.16. The van der Waals surface area contributed by atoms with Crippen LogP contribution >= 0.6 is 0 Å². The highest BCUT2D eigenvalue weighted by Gasteiger charge is 2.27. The number of nitriles is 1. The molecule has 0 bridgehead atoms. The Morgan fingerprint density at radius 2 is 1.96 bits per heavy atom. The van der Waals surface area contributed by atoms with Crippen molar-refractivity contribution in [3.63, 3.8) is 0 Å². The zero-order valence-electron chi connectivity index (χ0n) is 14.0. The van der Waals surface area contributed by atoms with Gasteiger partial charge in [0, 0.05) is 10.8 Å². The maximum absolute atomic E-state index is 12.3. The van der Waals surface area contributed by atoms with Crippen LogP contribution in [0.5, 0.6) is 5.75 Å². The normalized spacial score (nSPS) is 11.7. The van der Waals surface area contributed by atoms with E-state index in [0.717, 1.165) is 22.1 Å². The molecule has 3 aromatic rings. The van der Waals surface area contributed by atoms with Crippen molar-refractivity contribution in [1.82, 2.24) is 0 Å². The number of esters is 1. The van der Waals surface area contributed by atoms with Crippen LogP contribution < -0.4 is 4.74 Å². The molecule has 0 aliphatic heterocycles. The number of rotatable bonds is 5. The summed E-state index contributed by atoms with van der Waals surface area (Å²) in [4.78, 5) is 12.3. The molecule has 0 amide bonds. The zero-order chi connectivity index (χ0) is 17.8. The van der Waals surface area contributed by atoms with E-state index in [9.17, 15) is 4.79 Å². The first-order chi connectivity index (χ1) is 12.2. The van der Waals surface area contributed by atoms with E-state index in [1.54, 1.807) is 31.6 Å². The van der Waals surface area contributed by atoms with Crippen molar-refractivity contribution in [1.29, 1.82) is 5.26 Å². The van der Waals surface area contributed by atoms with Gasteiger partial charge in [-0.2, -0.15) is 5.26 Å². The molecule has 1 heterocycles. The minimum Gasteiger partial charge on any atom is -0.497 e. The summed E-state index contributed by atoms with van der Waals surface area (Å²) in [5.74, 6) is 0.369. The van der Waals surface area contributed by atoms with Gasteiger partial charge in [-0.05, 0) is 42.3 Å². The lowest BCUT2D eigenvalue weighted by atomic mass is 9.94. The SMILES string of the molecule is COC(=O)C(Cc1ccc(OC)cc1)c1occ2cc(C#N)ccc12. The number of furan rings is 1. The highest BCUT2D eigenvalue weighted by atomic mass is 16.5. The summed E-state index contributed by atoms with van der Waals surface area (Å²) in [5.41, 5.74) is 1.51. The van der Waals surface area contributed by atoms with Crippen LogP contribution in [0, 0.1) is 11.3 Å². The van der Waals surface area contributed by atoms with E-state index in [2.05, 4.69) is 6.07 Å². The Kier molecular flexibility index (Phi) is 4.71. The van der Waals surface area contributed by atoms with Crippen LogP contribution in [0.3, 0.4) is 0 Å². The summed E-state index contributed by atoms with van der Waals surface area (Å²) in [5, 5.41) is 10.6. The quantitative estimate of drug-likeness (QED) is 0.663. The van der Waals surface area contributed by atoms with Gasteiger partial charge in [-0.15, -0.1) is 0 Å². The lowest BCUT2D eigenvalue weighted by Gasteiger charge is -2.13. The van der Waals surface area contributed by atoms with E-state index in [1.807, 2.05) is 24.3 Å². The lowest BCUT2D eigenvalue weighted by molar-refractivity contribution is -0.142. The van der Waals surface area contributed by atoms with Crippen molar-refractivity contribution in [2.45, 2.75) is 12.3 Å². The van der Waals surface area contributed by atoms with Gasteiger partial charge >= 0.3 is 5.97 Å². The number of methoxy groups -OCH3 is 2. The van der Waals surface area contributed by atoms with Crippen LogP contribution in [0.2, 0.25) is 0 Å². The maximum atomic E-state index is 12.3. The molecule has 126 valence electrons. The summed E-state index contributed by atoms with van der Waals surface area (Å²) in [6, 6.07) is 14.9. The molecule has 2 aromatic carbocycles. The van der Waals surface area contributed by atoms with E-state index in [0.29, 0.717) is 17.7 Å². The van der Waals surface area contributed by atoms with E-state index >= 15 is 0 Å². The predicted molar refractivity (Wildman–Crippen MR) is 92.4 cm³/mol. The van der Waals surface area contributed by atoms with Crippen molar-refractivity contribution in [2.75, 3.05) is 14.2 Å². The first-order valence-corrected chi connectivity index (χ1v) is 7.78. The standard InChI is InChI=1S/C20H17NO4/c1-23-16-6-3-13(4-7-16)10-18(20(22)24-2)19-17-8-5-14(11-21)9-15(17)12-25-19/h3-9,12,18H,10H2,1-2H3. The molecule has 5 heteroatoms. The van der Waals surface area contributed by atoms with E-state index in [-0.39, 0.29) is 5.97 Å². The Morgan fingerprint density at radius 1 is 1.20 bits per heavy atom. The minimum atomic E-state index is -0.566. The van der Waals surface area contributed by atoms with E-state index < -0.39 is 5.92 Å². The highest BCUT2D eigenvalue weighted by molar-refractivity contribution is 5.90. The first kappa shape index (κ1) is 16.6. The fraction of sp³-hybridized carbons (Fsp3) is 0.200.